The third kappa shape index (κ3) is 3.32. The predicted octanol–water partition coefficient (Wildman–Crippen LogP) is 2.77. The molecule has 1 aromatic carbocycles. The molecule has 1 rings (SSSR count). The van der Waals surface area contributed by atoms with Crippen LogP contribution in [0.25, 0.3) is 0 Å². The summed E-state index contributed by atoms with van der Waals surface area (Å²) in [5.41, 5.74) is 1.86. The Morgan fingerprint density at radius 3 is 2.56 bits per heavy atom. The molecule has 0 aliphatic carbocycles. The second kappa shape index (κ2) is 6.19. The zero-order chi connectivity index (χ0) is 13.7. The van der Waals surface area contributed by atoms with E-state index < -0.39 is 0 Å². The van der Waals surface area contributed by atoms with Crippen molar-refractivity contribution in [3.63, 3.8) is 0 Å². The molecule has 0 fully saturated rings. The zero-order valence-corrected chi connectivity index (χ0v) is 11.2. The van der Waals surface area contributed by atoms with E-state index >= 15 is 0 Å². The predicted molar refractivity (Wildman–Crippen MR) is 70.6 cm³/mol. The highest BCUT2D eigenvalue weighted by Gasteiger charge is 2.14. The molecule has 1 aromatic rings. The fourth-order valence-electron chi connectivity index (χ4n) is 1.48. The first kappa shape index (κ1) is 14.2. The molecule has 0 saturated carbocycles. The van der Waals surface area contributed by atoms with Crippen molar-refractivity contribution in [2.24, 2.45) is 5.92 Å². The Morgan fingerprint density at radius 2 is 2.00 bits per heavy atom. The van der Waals surface area contributed by atoms with Gasteiger partial charge in [0.25, 0.3) is 0 Å². The van der Waals surface area contributed by atoms with Crippen molar-refractivity contribution in [1.82, 2.24) is 0 Å². The molecule has 18 heavy (non-hydrogen) atoms. The van der Waals surface area contributed by atoms with E-state index in [1.807, 2.05) is 13.8 Å². The zero-order valence-electron chi connectivity index (χ0n) is 11.2. The molecule has 4 heteroatoms. The van der Waals surface area contributed by atoms with Crippen molar-refractivity contribution >= 4 is 17.6 Å². The summed E-state index contributed by atoms with van der Waals surface area (Å²) in [7, 11) is 0. The van der Waals surface area contributed by atoms with Gasteiger partial charge in [0.2, 0.25) is 5.91 Å². The van der Waals surface area contributed by atoms with Gasteiger partial charge in [-0.05, 0) is 31.5 Å². The summed E-state index contributed by atoms with van der Waals surface area (Å²) in [6.07, 6.45) is 0. The molecule has 98 valence electrons. The Balaban J connectivity index is 2.98. The Labute approximate surface area is 107 Å². The maximum Gasteiger partial charge on any atom is 0.338 e. The van der Waals surface area contributed by atoms with E-state index in [4.69, 9.17) is 4.74 Å². The smallest absolute Gasteiger partial charge is 0.338 e. The van der Waals surface area contributed by atoms with E-state index in [1.165, 1.54) is 0 Å². The summed E-state index contributed by atoms with van der Waals surface area (Å²) in [5, 5.41) is 2.80. The van der Waals surface area contributed by atoms with Crippen LogP contribution in [0.1, 0.15) is 36.7 Å². The minimum Gasteiger partial charge on any atom is -0.462 e. The van der Waals surface area contributed by atoms with Crippen LogP contribution in [0.3, 0.4) is 0 Å². The van der Waals surface area contributed by atoms with Crippen molar-refractivity contribution in [3.8, 4) is 0 Å². The number of carbonyl (C=O) groups is 2. The van der Waals surface area contributed by atoms with E-state index in [0.717, 1.165) is 5.56 Å². The first-order chi connectivity index (χ1) is 8.47. The second-order valence-electron chi connectivity index (χ2n) is 4.34. The van der Waals surface area contributed by atoms with Crippen molar-refractivity contribution < 1.29 is 14.3 Å². The Morgan fingerprint density at radius 1 is 1.33 bits per heavy atom. The van der Waals surface area contributed by atoms with Crippen molar-refractivity contribution in [2.45, 2.75) is 27.7 Å². The van der Waals surface area contributed by atoms with Crippen LogP contribution in [0.2, 0.25) is 0 Å². The molecule has 1 amide bonds. The molecule has 0 aliphatic rings. The lowest BCUT2D eigenvalue weighted by molar-refractivity contribution is -0.118. The molecule has 4 nitrogen and oxygen atoms in total. The van der Waals surface area contributed by atoms with Crippen LogP contribution >= 0.6 is 0 Å². The molecule has 0 unspecified atom stereocenters. The lowest BCUT2D eigenvalue weighted by atomic mass is 10.1. The van der Waals surface area contributed by atoms with Gasteiger partial charge < -0.3 is 10.1 Å². The Kier molecular flexibility index (Phi) is 4.89. The van der Waals surface area contributed by atoms with Gasteiger partial charge in [-0.3, -0.25) is 4.79 Å². The number of ether oxygens (including phenoxy) is 1. The standard InChI is InChI=1S/C14H19NO3/c1-5-18-14(17)11-7-6-8-12(10(11)4)15-13(16)9(2)3/h6-9H,5H2,1-4H3,(H,15,16). The van der Waals surface area contributed by atoms with Crippen LogP contribution in [0.5, 0.6) is 0 Å². The fraction of sp³-hybridized carbons (Fsp3) is 0.429. The summed E-state index contributed by atoms with van der Waals surface area (Å²) < 4.78 is 4.96. The summed E-state index contributed by atoms with van der Waals surface area (Å²) in [4.78, 5) is 23.3. The van der Waals surface area contributed by atoms with Gasteiger partial charge in [-0.1, -0.05) is 19.9 Å². The van der Waals surface area contributed by atoms with Crippen LogP contribution < -0.4 is 5.32 Å². The number of hydrogen-bond donors (Lipinski definition) is 1. The molecule has 0 bridgehead atoms. The van der Waals surface area contributed by atoms with Crippen LogP contribution in [-0.2, 0) is 9.53 Å². The number of amides is 1. The average molecular weight is 249 g/mol. The van der Waals surface area contributed by atoms with Crippen molar-refractivity contribution in [2.75, 3.05) is 11.9 Å². The number of nitrogens with one attached hydrogen (secondary N) is 1. The van der Waals surface area contributed by atoms with E-state index in [9.17, 15) is 9.59 Å². The molecule has 0 aliphatic heterocycles. The Bertz CT molecular complexity index is 452. The minimum absolute atomic E-state index is 0.0703. The van der Waals surface area contributed by atoms with Gasteiger partial charge in [0, 0.05) is 11.6 Å². The summed E-state index contributed by atoms with van der Waals surface area (Å²) >= 11 is 0. The first-order valence-corrected chi connectivity index (χ1v) is 6.05. The molecule has 0 atom stereocenters. The number of anilines is 1. The quantitative estimate of drug-likeness (QED) is 0.835. The van der Waals surface area contributed by atoms with Crippen molar-refractivity contribution in [1.29, 1.82) is 0 Å². The average Bonchev–Trinajstić information content (AvgIpc) is 2.31. The van der Waals surface area contributed by atoms with Gasteiger partial charge >= 0.3 is 5.97 Å². The van der Waals surface area contributed by atoms with Gasteiger partial charge in [0.05, 0.1) is 12.2 Å². The normalized spacial score (nSPS) is 10.3. The number of hydrogen-bond acceptors (Lipinski definition) is 3. The lowest BCUT2D eigenvalue weighted by Gasteiger charge is -2.13. The third-order valence-electron chi connectivity index (χ3n) is 2.61. The fourth-order valence-corrected chi connectivity index (χ4v) is 1.48. The molecule has 0 heterocycles. The molecular formula is C14H19NO3. The van der Waals surface area contributed by atoms with Gasteiger partial charge in [-0.25, -0.2) is 4.79 Å². The SMILES string of the molecule is CCOC(=O)c1cccc(NC(=O)C(C)C)c1C. The molecule has 0 saturated heterocycles. The minimum atomic E-state index is -0.365. The Hall–Kier alpha value is -1.84. The highest BCUT2D eigenvalue weighted by atomic mass is 16.5. The highest BCUT2D eigenvalue weighted by Crippen LogP contribution is 2.20. The first-order valence-electron chi connectivity index (χ1n) is 6.05. The number of rotatable bonds is 4. The molecular weight excluding hydrogens is 230 g/mol. The van der Waals surface area contributed by atoms with Gasteiger partial charge in [-0.15, -0.1) is 0 Å². The highest BCUT2D eigenvalue weighted by molar-refractivity contribution is 5.97. The van der Waals surface area contributed by atoms with Gasteiger partial charge in [0.1, 0.15) is 0 Å². The van der Waals surface area contributed by atoms with Gasteiger partial charge in [0.15, 0.2) is 0 Å². The van der Waals surface area contributed by atoms with E-state index in [2.05, 4.69) is 5.32 Å². The summed E-state index contributed by atoms with van der Waals surface area (Å²) in [5.74, 6) is -0.537. The van der Waals surface area contributed by atoms with Crippen LogP contribution in [0.15, 0.2) is 18.2 Å². The lowest BCUT2D eigenvalue weighted by Crippen LogP contribution is -2.19. The molecule has 0 radical (unpaired) electrons. The van der Waals surface area contributed by atoms with E-state index in [-0.39, 0.29) is 17.8 Å². The topological polar surface area (TPSA) is 55.4 Å². The summed E-state index contributed by atoms with van der Waals surface area (Å²) in [6, 6.07) is 5.20. The number of benzene rings is 1. The van der Waals surface area contributed by atoms with Crippen molar-refractivity contribution in [3.05, 3.63) is 29.3 Å². The maximum atomic E-state index is 11.7. The molecule has 0 spiro atoms. The number of carbonyl (C=O) groups excluding carboxylic acids is 2. The molecule has 0 aromatic heterocycles. The monoisotopic (exact) mass is 249 g/mol. The maximum absolute atomic E-state index is 11.7. The summed E-state index contributed by atoms with van der Waals surface area (Å²) in [6.45, 7) is 7.53. The largest absolute Gasteiger partial charge is 0.462 e. The number of esters is 1. The van der Waals surface area contributed by atoms with Crippen LogP contribution in [0, 0.1) is 12.8 Å². The van der Waals surface area contributed by atoms with Crippen LogP contribution in [-0.4, -0.2) is 18.5 Å². The van der Waals surface area contributed by atoms with E-state index in [0.29, 0.717) is 17.9 Å². The molecule has 1 N–H and O–H groups in total. The van der Waals surface area contributed by atoms with E-state index in [1.54, 1.807) is 32.0 Å². The van der Waals surface area contributed by atoms with Crippen LogP contribution in [0.4, 0.5) is 5.69 Å². The second-order valence-corrected chi connectivity index (χ2v) is 4.34. The third-order valence-corrected chi connectivity index (χ3v) is 2.61. The van der Waals surface area contributed by atoms with Gasteiger partial charge in [-0.2, -0.15) is 0 Å².